The molecule has 5 heteroatoms. The van der Waals surface area contributed by atoms with Crippen LogP contribution in [0.5, 0.6) is 0 Å². The zero-order valence-electron chi connectivity index (χ0n) is 12.0. The molecular weight excluding hydrogens is 254 g/mol. The number of hydrogen-bond acceptors (Lipinski definition) is 4. The minimum atomic E-state index is -0.0440. The number of nitrogens with zero attached hydrogens (tertiary/aromatic N) is 1. The number of carbonyl (C=O) groups is 1. The summed E-state index contributed by atoms with van der Waals surface area (Å²) in [4.78, 5) is 16.3. The lowest BCUT2D eigenvalue weighted by Gasteiger charge is -2.22. The molecule has 2 heterocycles. The zero-order chi connectivity index (χ0) is 14.2. The summed E-state index contributed by atoms with van der Waals surface area (Å²) in [7, 11) is 0. The summed E-state index contributed by atoms with van der Waals surface area (Å²) in [6, 6.07) is 3.53. The van der Waals surface area contributed by atoms with Gasteiger partial charge < -0.3 is 15.4 Å². The normalized spacial score (nSPS) is 18.6. The number of carbonyl (C=O) groups excluding carboxylic acids is 1. The van der Waals surface area contributed by atoms with Crippen molar-refractivity contribution in [2.45, 2.75) is 26.2 Å². The predicted octanol–water partition coefficient (Wildman–Crippen LogP) is 2.06. The Morgan fingerprint density at radius 3 is 3.20 bits per heavy atom. The van der Waals surface area contributed by atoms with E-state index in [0.717, 1.165) is 44.8 Å². The molecule has 110 valence electrons. The smallest absolute Gasteiger partial charge is 0.251 e. The van der Waals surface area contributed by atoms with Crippen molar-refractivity contribution in [3.05, 3.63) is 23.9 Å². The summed E-state index contributed by atoms with van der Waals surface area (Å²) in [6.07, 6.45) is 4.90. The van der Waals surface area contributed by atoms with Crippen LogP contribution in [0.2, 0.25) is 0 Å². The predicted molar refractivity (Wildman–Crippen MR) is 78.9 cm³/mol. The summed E-state index contributed by atoms with van der Waals surface area (Å²) < 4.78 is 5.41. The van der Waals surface area contributed by atoms with Crippen LogP contribution in [0, 0.1) is 5.92 Å². The van der Waals surface area contributed by atoms with Gasteiger partial charge in [-0.1, -0.05) is 6.92 Å². The highest BCUT2D eigenvalue weighted by Gasteiger charge is 2.15. The van der Waals surface area contributed by atoms with Crippen LogP contribution in [-0.4, -0.2) is 37.2 Å². The number of ether oxygens (including phenoxy) is 1. The molecule has 0 radical (unpaired) electrons. The lowest BCUT2D eigenvalue weighted by Crippen LogP contribution is -2.33. The molecule has 1 saturated heterocycles. The lowest BCUT2D eigenvalue weighted by atomic mass is 10.0. The molecule has 0 spiro atoms. The van der Waals surface area contributed by atoms with Crippen molar-refractivity contribution >= 4 is 11.7 Å². The van der Waals surface area contributed by atoms with Gasteiger partial charge >= 0.3 is 0 Å². The van der Waals surface area contributed by atoms with Gasteiger partial charge in [0.05, 0.1) is 6.61 Å². The van der Waals surface area contributed by atoms with E-state index in [9.17, 15) is 4.79 Å². The fourth-order valence-corrected chi connectivity index (χ4v) is 2.23. The van der Waals surface area contributed by atoms with Gasteiger partial charge in [-0.25, -0.2) is 4.98 Å². The molecule has 1 unspecified atom stereocenters. The van der Waals surface area contributed by atoms with Crippen LogP contribution < -0.4 is 10.6 Å². The highest BCUT2D eigenvalue weighted by Crippen LogP contribution is 2.13. The number of pyridine rings is 1. The van der Waals surface area contributed by atoms with Crippen LogP contribution in [0.3, 0.4) is 0 Å². The van der Waals surface area contributed by atoms with Gasteiger partial charge in [0.1, 0.15) is 5.82 Å². The monoisotopic (exact) mass is 277 g/mol. The summed E-state index contributed by atoms with van der Waals surface area (Å²) in [5.74, 6) is 1.14. The number of rotatable bonds is 6. The summed E-state index contributed by atoms with van der Waals surface area (Å²) >= 11 is 0. The average Bonchev–Trinajstić information content (AvgIpc) is 2.52. The van der Waals surface area contributed by atoms with Gasteiger partial charge in [-0.2, -0.15) is 0 Å². The van der Waals surface area contributed by atoms with Crippen molar-refractivity contribution in [2.24, 2.45) is 5.92 Å². The fourth-order valence-electron chi connectivity index (χ4n) is 2.23. The molecule has 1 aliphatic heterocycles. The molecule has 0 aliphatic carbocycles. The number of hydrogen-bond donors (Lipinski definition) is 2. The van der Waals surface area contributed by atoms with E-state index in [1.807, 2.05) is 0 Å². The topological polar surface area (TPSA) is 63.2 Å². The second-order valence-electron chi connectivity index (χ2n) is 5.15. The van der Waals surface area contributed by atoms with Crippen molar-refractivity contribution in [1.82, 2.24) is 10.3 Å². The molecule has 5 nitrogen and oxygen atoms in total. The molecule has 0 bridgehead atoms. The Morgan fingerprint density at radius 2 is 2.45 bits per heavy atom. The van der Waals surface area contributed by atoms with Gasteiger partial charge in [0, 0.05) is 31.5 Å². The minimum absolute atomic E-state index is 0.0440. The first-order chi connectivity index (χ1) is 9.79. The maximum absolute atomic E-state index is 12.1. The summed E-state index contributed by atoms with van der Waals surface area (Å²) in [5.41, 5.74) is 0.648. The first-order valence-corrected chi connectivity index (χ1v) is 7.35. The molecule has 1 amide bonds. The molecule has 0 aromatic carbocycles. The molecule has 1 aromatic rings. The highest BCUT2D eigenvalue weighted by atomic mass is 16.5. The fraction of sp³-hybridized carbons (Fsp3) is 0.600. The van der Waals surface area contributed by atoms with Gasteiger partial charge in [0.2, 0.25) is 0 Å². The van der Waals surface area contributed by atoms with Crippen LogP contribution in [0.4, 0.5) is 5.82 Å². The van der Waals surface area contributed by atoms with Crippen molar-refractivity contribution in [3.63, 3.8) is 0 Å². The third-order valence-corrected chi connectivity index (χ3v) is 3.38. The molecule has 2 rings (SSSR count). The maximum atomic E-state index is 12.1. The zero-order valence-corrected chi connectivity index (χ0v) is 12.0. The van der Waals surface area contributed by atoms with E-state index in [2.05, 4.69) is 22.5 Å². The Balaban J connectivity index is 1.84. The third kappa shape index (κ3) is 4.49. The van der Waals surface area contributed by atoms with Crippen LogP contribution in [-0.2, 0) is 4.74 Å². The standard InChI is InChI=1S/C15H23N3O2/c1-2-6-16-14-9-13(5-7-17-14)15(19)18-10-12-4-3-8-20-11-12/h5,7,9,12H,2-4,6,8,10-11H2,1H3,(H,16,17)(H,18,19). The Bertz CT molecular complexity index is 431. The Labute approximate surface area is 120 Å². The van der Waals surface area contributed by atoms with Crippen LogP contribution in [0.15, 0.2) is 18.3 Å². The molecule has 0 saturated carbocycles. The molecule has 1 fully saturated rings. The molecule has 20 heavy (non-hydrogen) atoms. The molecule has 1 atom stereocenters. The molecule has 1 aromatic heterocycles. The first-order valence-electron chi connectivity index (χ1n) is 7.35. The van der Waals surface area contributed by atoms with E-state index >= 15 is 0 Å². The largest absolute Gasteiger partial charge is 0.381 e. The van der Waals surface area contributed by atoms with E-state index in [-0.39, 0.29) is 5.91 Å². The number of aromatic nitrogens is 1. The van der Waals surface area contributed by atoms with Crippen molar-refractivity contribution < 1.29 is 9.53 Å². The summed E-state index contributed by atoms with van der Waals surface area (Å²) in [5, 5.41) is 6.16. The number of amides is 1. The van der Waals surface area contributed by atoms with Crippen molar-refractivity contribution in [3.8, 4) is 0 Å². The SMILES string of the molecule is CCCNc1cc(C(=O)NCC2CCCOC2)ccn1. The van der Waals surface area contributed by atoms with Crippen LogP contribution in [0.1, 0.15) is 36.5 Å². The average molecular weight is 277 g/mol. The maximum Gasteiger partial charge on any atom is 0.251 e. The molecular formula is C15H23N3O2. The van der Waals surface area contributed by atoms with Crippen LogP contribution >= 0.6 is 0 Å². The van der Waals surface area contributed by atoms with E-state index in [0.29, 0.717) is 18.0 Å². The van der Waals surface area contributed by atoms with Crippen molar-refractivity contribution in [2.75, 3.05) is 31.6 Å². The van der Waals surface area contributed by atoms with Gasteiger partial charge in [0.25, 0.3) is 5.91 Å². The van der Waals surface area contributed by atoms with E-state index in [4.69, 9.17) is 4.74 Å². The van der Waals surface area contributed by atoms with Gasteiger partial charge in [0.15, 0.2) is 0 Å². The van der Waals surface area contributed by atoms with Crippen molar-refractivity contribution in [1.29, 1.82) is 0 Å². The highest BCUT2D eigenvalue weighted by molar-refractivity contribution is 5.94. The van der Waals surface area contributed by atoms with Gasteiger partial charge in [-0.05, 0) is 37.3 Å². The van der Waals surface area contributed by atoms with E-state index < -0.39 is 0 Å². The van der Waals surface area contributed by atoms with E-state index in [1.165, 1.54) is 0 Å². The lowest BCUT2D eigenvalue weighted by molar-refractivity contribution is 0.0536. The number of nitrogens with one attached hydrogen (secondary N) is 2. The second kappa shape index (κ2) is 7.85. The second-order valence-corrected chi connectivity index (χ2v) is 5.15. The van der Waals surface area contributed by atoms with Crippen LogP contribution in [0.25, 0.3) is 0 Å². The van der Waals surface area contributed by atoms with Gasteiger partial charge in [-0.3, -0.25) is 4.79 Å². The molecule has 1 aliphatic rings. The van der Waals surface area contributed by atoms with E-state index in [1.54, 1.807) is 18.3 Å². The Hall–Kier alpha value is -1.62. The number of anilines is 1. The van der Waals surface area contributed by atoms with Gasteiger partial charge in [-0.15, -0.1) is 0 Å². The Morgan fingerprint density at radius 1 is 1.55 bits per heavy atom. The third-order valence-electron chi connectivity index (χ3n) is 3.38. The summed E-state index contributed by atoms with van der Waals surface area (Å²) in [6.45, 7) is 5.23. The minimum Gasteiger partial charge on any atom is -0.381 e. The molecule has 2 N–H and O–H groups in total. The first kappa shape index (κ1) is 14.8. The quantitative estimate of drug-likeness (QED) is 0.835. The Kier molecular flexibility index (Phi) is 5.80.